The molecule has 37 heavy (non-hydrogen) atoms. The van der Waals surface area contributed by atoms with Gasteiger partial charge in [0.25, 0.3) is 0 Å². The first-order chi connectivity index (χ1) is 17.8. The van der Waals surface area contributed by atoms with Crippen molar-refractivity contribution in [1.82, 2.24) is 9.88 Å². The van der Waals surface area contributed by atoms with Gasteiger partial charge < -0.3 is 11.1 Å². The van der Waals surface area contributed by atoms with Crippen LogP contribution in [0.1, 0.15) is 40.8 Å². The number of allylic oxidation sites excluding steroid dienone is 1. The molecule has 4 rings (SSSR count). The zero-order chi connectivity index (χ0) is 26.5. The van der Waals surface area contributed by atoms with E-state index in [2.05, 4.69) is 27.9 Å². The van der Waals surface area contributed by atoms with Crippen LogP contribution in [0.15, 0.2) is 66.9 Å². The first-order valence-corrected chi connectivity index (χ1v) is 12.4. The number of hydrogen-bond donors (Lipinski definition) is 3. The van der Waals surface area contributed by atoms with Crippen molar-refractivity contribution in [2.24, 2.45) is 5.92 Å². The number of nitrogen functional groups attached to an aromatic ring is 1. The third-order valence-corrected chi connectivity index (χ3v) is 6.88. The molecule has 0 saturated carbocycles. The van der Waals surface area contributed by atoms with Crippen molar-refractivity contribution in [3.8, 4) is 0 Å². The number of nitrogens with one attached hydrogen (secondary N) is 2. The van der Waals surface area contributed by atoms with Gasteiger partial charge in [-0.2, -0.15) is 0 Å². The Morgan fingerprint density at radius 2 is 2.05 bits per heavy atom. The highest BCUT2D eigenvalue weighted by molar-refractivity contribution is 6.14. The second kappa shape index (κ2) is 11.5. The average molecular weight is 502 g/mol. The van der Waals surface area contributed by atoms with Gasteiger partial charge in [-0.05, 0) is 91.9 Å². The monoisotopic (exact) mass is 501 g/mol. The SMILES string of the molecule is C=C/C(=C\c1cc(C(=N)c2ccnc(C)c2)c(N)cc1NC)C1CCCN(Cc2cc(F)ccc2F)C1. The predicted molar refractivity (Wildman–Crippen MR) is 148 cm³/mol. The Balaban J connectivity index is 1.62. The lowest BCUT2D eigenvalue weighted by Crippen LogP contribution is -2.35. The molecule has 0 aliphatic carbocycles. The van der Waals surface area contributed by atoms with Crippen molar-refractivity contribution in [3.63, 3.8) is 0 Å². The third-order valence-electron chi connectivity index (χ3n) is 6.88. The van der Waals surface area contributed by atoms with Crippen LogP contribution < -0.4 is 11.1 Å². The number of hydrogen-bond acceptors (Lipinski definition) is 5. The second-order valence-corrected chi connectivity index (χ2v) is 9.50. The summed E-state index contributed by atoms with van der Waals surface area (Å²) in [5, 5.41) is 12.0. The van der Waals surface area contributed by atoms with Crippen LogP contribution in [0.5, 0.6) is 0 Å². The van der Waals surface area contributed by atoms with Crippen molar-refractivity contribution in [2.45, 2.75) is 26.3 Å². The Bertz CT molecular complexity index is 1350. The molecule has 1 fully saturated rings. The van der Waals surface area contributed by atoms with Crippen molar-refractivity contribution < 1.29 is 8.78 Å². The van der Waals surface area contributed by atoms with Crippen LogP contribution in [0, 0.1) is 29.9 Å². The average Bonchev–Trinajstić information content (AvgIpc) is 2.89. The number of pyridine rings is 1. The minimum absolute atomic E-state index is 0.191. The van der Waals surface area contributed by atoms with E-state index in [1.807, 2.05) is 44.3 Å². The fraction of sp³-hybridized carbons (Fsp3) is 0.267. The van der Waals surface area contributed by atoms with Crippen LogP contribution in [0.4, 0.5) is 20.2 Å². The molecule has 2 aromatic carbocycles. The number of aromatic nitrogens is 1. The van der Waals surface area contributed by atoms with Gasteiger partial charge in [-0.1, -0.05) is 12.7 Å². The van der Waals surface area contributed by atoms with Crippen LogP contribution in [-0.4, -0.2) is 35.7 Å². The highest BCUT2D eigenvalue weighted by Gasteiger charge is 2.23. The van der Waals surface area contributed by atoms with Crippen LogP contribution in [-0.2, 0) is 6.54 Å². The van der Waals surface area contributed by atoms with Gasteiger partial charge >= 0.3 is 0 Å². The quantitative estimate of drug-likeness (QED) is 0.195. The summed E-state index contributed by atoms with van der Waals surface area (Å²) in [5.41, 5.74) is 12.6. The Labute approximate surface area is 217 Å². The van der Waals surface area contributed by atoms with Crippen molar-refractivity contribution >= 4 is 23.2 Å². The fourth-order valence-electron chi connectivity index (χ4n) is 4.94. The molecular weight excluding hydrogens is 468 g/mol. The number of piperidine rings is 1. The molecule has 2 heterocycles. The van der Waals surface area contributed by atoms with Crippen molar-refractivity contribution in [3.05, 3.63) is 106 Å². The van der Waals surface area contributed by atoms with E-state index in [-0.39, 0.29) is 11.7 Å². The number of anilines is 2. The summed E-state index contributed by atoms with van der Waals surface area (Å²) in [7, 11) is 1.84. The minimum atomic E-state index is -0.428. The zero-order valence-corrected chi connectivity index (χ0v) is 21.3. The van der Waals surface area contributed by atoms with Crippen molar-refractivity contribution in [1.29, 1.82) is 5.41 Å². The topological polar surface area (TPSA) is 78.0 Å². The molecule has 4 N–H and O–H groups in total. The Morgan fingerprint density at radius 1 is 1.24 bits per heavy atom. The van der Waals surface area contributed by atoms with Crippen LogP contribution in [0.2, 0.25) is 0 Å². The van der Waals surface area contributed by atoms with Crippen LogP contribution in [0.25, 0.3) is 6.08 Å². The van der Waals surface area contributed by atoms with Gasteiger partial charge in [0.2, 0.25) is 0 Å². The minimum Gasteiger partial charge on any atom is -0.398 e. The standard InChI is InChI=1S/C30H33F2N5/c1-4-20(22-6-5-11-37(17-22)18-24-14-25(31)7-8-27(24)32)13-23-15-26(28(33)16-29(23)35-3)30(34)21-9-10-36-19(2)12-21/h4,7-10,12-16,22,34-35H,1,5-6,11,17-18,33H2,2-3H3/b20-13+,34-30?. The number of nitrogens with two attached hydrogens (primary N) is 1. The largest absolute Gasteiger partial charge is 0.398 e. The summed E-state index contributed by atoms with van der Waals surface area (Å²) < 4.78 is 27.9. The molecule has 0 spiro atoms. The zero-order valence-electron chi connectivity index (χ0n) is 21.3. The first-order valence-electron chi connectivity index (χ1n) is 12.4. The van der Waals surface area contributed by atoms with E-state index in [0.29, 0.717) is 29.1 Å². The van der Waals surface area contributed by atoms with E-state index in [4.69, 9.17) is 11.1 Å². The highest BCUT2D eigenvalue weighted by Crippen LogP contribution is 2.32. The molecule has 0 radical (unpaired) electrons. The molecule has 192 valence electrons. The maximum absolute atomic E-state index is 14.2. The second-order valence-electron chi connectivity index (χ2n) is 9.50. The lowest BCUT2D eigenvalue weighted by atomic mass is 9.88. The summed E-state index contributed by atoms with van der Waals surface area (Å²) in [4.78, 5) is 6.39. The van der Waals surface area contributed by atoms with Gasteiger partial charge in [0.1, 0.15) is 11.6 Å². The molecule has 3 aromatic rings. The predicted octanol–water partition coefficient (Wildman–Crippen LogP) is 6.19. The highest BCUT2D eigenvalue weighted by atomic mass is 19.1. The van der Waals surface area contributed by atoms with E-state index < -0.39 is 5.82 Å². The van der Waals surface area contributed by atoms with E-state index in [1.165, 1.54) is 12.1 Å². The lowest BCUT2D eigenvalue weighted by Gasteiger charge is -2.33. The summed E-state index contributed by atoms with van der Waals surface area (Å²) in [6, 6.07) is 11.1. The fourth-order valence-corrected chi connectivity index (χ4v) is 4.94. The van der Waals surface area contributed by atoms with E-state index in [9.17, 15) is 8.78 Å². The van der Waals surface area contributed by atoms with Gasteiger partial charge in [-0.15, -0.1) is 0 Å². The molecule has 7 heteroatoms. The van der Waals surface area contributed by atoms with Crippen LogP contribution in [0.3, 0.4) is 0 Å². The summed E-state index contributed by atoms with van der Waals surface area (Å²) >= 11 is 0. The maximum atomic E-state index is 14.2. The number of benzene rings is 2. The summed E-state index contributed by atoms with van der Waals surface area (Å²) in [6.45, 7) is 7.87. The Hall–Kier alpha value is -3.84. The molecule has 1 aliphatic rings. The Morgan fingerprint density at radius 3 is 2.78 bits per heavy atom. The molecule has 1 atom stereocenters. The summed E-state index contributed by atoms with van der Waals surface area (Å²) in [5.74, 6) is -0.623. The molecule has 1 aromatic heterocycles. The van der Waals surface area contributed by atoms with E-state index in [0.717, 1.165) is 60.1 Å². The van der Waals surface area contributed by atoms with Crippen molar-refractivity contribution in [2.75, 3.05) is 31.2 Å². The molecule has 0 bridgehead atoms. The molecule has 1 saturated heterocycles. The smallest absolute Gasteiger partial charge is 0.127 e. The van der Waals surface area contributed by atoms with E-state index in [1.54, 1.807) is 6.20 Å². The van der Waals surface area contributed by atoms with Gasteiger partial charge in [0.15, 0.2) is 0 Å². The third kappa shape index (κ3) is 6.12. The lowest BCUT2D eigenvalue weighted by molar-refractivity contribution is 0.184. The molecule has 0 amide bonds. The van der Waals surface area contributed by atoms with Gasteiger partial charge in [0, 0.05) is 60.1 Å². The maximum Gasteiger partial charge on any atom is 0.127 e. The Kier molecular flexibility index (Phi) is 8.14. The number of rotatable bonds is 8. The number of halogens is 2. The number of likely N-dealkylation sites (tertiary alicyclic amines) is 1. The van der Waals surface area contributed by atoms with Crippen LogP contribution >= 0.6 is 0 Å². The molecule has 5 nitrogen and oxygen atoms in total. The normalized spacial score (nSPS) is 16.4. The van der Waals surface area contributed by atoms with E-state index >= 15 is 0 Å². The summed E-state index contributed by atoms with van der Waals surface area (Å²) in [6.07, 6.45) is 7.57. The number of nitrogens with zero attached hydrogens (tertiary/aromatic N) is 2. The van der Waals surface area contributed by atoms with Gasteiger partial charge in [0.05, 0.1) is 5.71 Å². The van der Waals surface area contributed by atoms with Gasteiger partial charge in [-0.25, -0.2) is 8.78 Å². The van der Waals surface area contributed by atoms with Gasteiger partial charge in [-0.3, -0.25) is 15.3 Å². The molecule has 1 unspecified atom stereocenters. The molecule has 1 aliphatic heterocycles. The molecular formula is C30H33F2N5. The number of aryl methyl sites for hydroxylation is 1. The first kappa shape index (κ1) is 26.2.